The Bertz CT molecular complexity index is 79.2. The number of hydrogen-bond donors (Lipinski definition) is 2. The average molecular weight is 174 g/mol. The molecule has 0 saturated carbocycles. The molecule has 0 aromatic heterocycles. The molecule has 0 heterocycles. The van der Waals surface area contributed by atoms with E-state index in [-0.39, 0.29) is 0 Å². The van der Waals surface area contributed by atoms with Crippen LogP contribution in [0.5, 0.6) is 0 Å². The van der Waals surface area contributed by atoms with Crippen LogP contribution in [0.4, 0.5) is 0 Å². The smallest absolute Gasteiger partial charge is 0.0215 e. The van der Waals surface area contributed by atoms with Crippen LogP contribution in [0.1, 0.15) is 0 Å². The quantitative estimate of drug-likeness (QED) is 0.555. The van der Waals surface area contributed by atoms with Crippen LogP contribution < -0.4 is 0 Å². The first-order chi connectivity index (χ1) is 5.00. The third-order valence-corrected chi connectivity index (χ3v) is 0.667. The molecule has 0 atom stereocenters. The van der Waals surface area contributed by atoms with Gasteiger partial charge in [-0.2, -0.15) is 25.3 Å². The van der Waals surface area contributed by atoms with Crippen molar-refractivity contribution in [2.75, 3.05) is 12.5 Å². The van der Waals surface area contributed by atoms with Crippen molar-refractivity contribution >= 4 is 25.3 Å². The van der Waals surface area contributed by atoms with Crippen LogP contribution in [-0.2, 0) is 0 Å². The maximum atomic E-state index is 3.53. The van der Waals surface area contributed by atoms with Crippen LogP contribution in [0.25, 0.3) is 0 Å². The molecule has 0 amide bonds. The van der Waals surface area contributed by atoms with Gasteiger partial charge in [-0.25, -0.2) is 0 Å². The van der Waals surface area contributed by atoms with Crippen molar-refractivity contribution < 1.29 is 0 Å². The second-order valence-electron chi connectivity index (χ2n) is 1.15. The monoisotopic (exact) mass is 174 g/mol. The van der Waals surface area contributed by atoms with E-state index < -0.39 is 0 Å². The summed E-state index contributed by atoms with van der Waals surface area (Å²) < 4.78 is 0. The third kappa shape index (κ3) is 10.8. The predicted molar refractivity (Wildman–Crippen MR) is 56.3 cm³/mol. The molecule has 0 aliphatic rings. The van der Waals surface area contributed by atoms with Gasteiger partial charge in [0.1, 0.15) is 0 Å². The van der Waals surface area contributed by atoms with Crippen LogP contribution in [0.2, 0.25) is 0 Å². The molecule has 0 aliphatic carbocycles. The summed E-state index contributed by atoms with van der Waals surface area (Å²) in [6, 6.07) is 12.0. The Morgan fingerprint density at radius 2 is 0.600 bits per heavy atom. The largest absolute Gasteiger partial charge is 0.183 e. The Morgan fingerprint density at radius 3 is 0.700 bits per heavy atom. The van der Waals surface area contributed by atoms with E-state index >= 15 is 0 Å². The van der Waals surface area contributed by atoms with Gasteiger partial charge >= 0.3 is 0 Å². The summed E-state index contributed by atoms with van der Waals surface area (Å²) in [5.41, 5.74) is 0. The van der Waals surface area contributed by atoms with Crippen LogP contribution >= 0.6 is 25.3 Å². The lowest BCUT2D eigenvalue weighted by atomic mass is 10.4. The van der Waals surface area contributed by atoms with E-state index in [0.29, 0.717) is 0 Å². The lowest BCUT2D eigenvalue weighted by molar-refractivity contribution is 1.72. The molecule has 0 N–H and O–H groups in total. The van der Waals surface area contributed by atoms with E-state index in [1.54, 1.807) is 12.5 Å². The molecular formula is C8H14S2. The van der Waals surface area contributed by atoms with E-state index in [1.807, 2.05) is 36.4 Å². The lowest BCUT2D eigenvalue weighted by Gasteiger charge is -1.69. The standard InChI is InChI=1S/C6H6.2CH4S/c1-2-4-6-5-3-1;2*1-2/h1-6H;2*2H,1H3. The summed E-state index contributed by atoms with van der Waals surface area (Å²) in [6.45, 7) is 0. The molecule has 2 heteroatoms. The molecule has 0 bridgehead atoms. The second-order valence-corrected chi connectivity index (χ2v) is 1.15. The average Bonchev–Trinajstić information content (AvgIpc) is 2.14. The predicted octanol–water partition coefficient (Wildman–Crippen LogP) is 2.78. The summed E-state index contributed by atoms with van der Waals surface area (Å²) >= 11 is 7.06. The maximum absolute atomic E-state index is 3.53. The van der Waals surface area contributed by atoms with Gasteiger partial charge in [0.15, 0.2) is 0 Å². The Kier molecular flexibility index (Phi) is 20.1. The Morgan fingerprint density at radius 1 is 0.500 bits per heavy atom. The molecule has 1 aromatic rings. The van der Waals surface area contributed by atoms with Crippen LogP contribution in [-0.4, -0.2) is 12.5 Å². The first-order valence-electron chi connectivity index (χ1n) is 2.89. The zero-order valence-corrected chi connectivity index (χ0v) is 8.15. The van der Waals surface area contributed by atoms with Crippen molar-refractivity contribution in [1.82, 2.24) is 0 Å². The normalized spacial score (nSPS) is 6.00. The fourth-order valence-corrected chi connectivity index (χ4v) is 0.385. The molecule has 1 aromatic carbocycles. The highest BCUT2D eigenvalue weighted by atomic mass is 32.1. The van der Waals surface area contributed by atoms with E-state index in [9.17, 15) is 0 Å². The first-order valence-corrected chi connectivity index (χ1v) is 4.68. The lowest BCUT2D eigenvalue weighted by Crippen LogP contribution is -1.47. The highest BCUT2D eigenvalue weighted by Crippen LogP contribution is 1.79. The van der Waals surface area contributed by atoms with E-state index in [0.717, 1.165) is 0 Å². The SMILES string of the molecule is CS.CS.c1ccccc1. The van der Waals surface area contributed by atoms with Gasteiger partial charge in [-0.15, -0.1) is 0 Å². The summed E-state index contributed by atoms with van der Waals surface area (Å²) in [5, 5.41) is 0. The Labute approximate surface area is 74.5 Å². The van der Waals surface area contributed by atoms with Gasteiger partial charge in [-0.1, -0.05) is 36.4 Å². The summed E-state index contributed by atoms with van der Waals surface area (Å²) in [6.07, 6.45) is 3.39. The van der Waals surface area contributed by atoms with Crippen molar-refractivity contribution in [1.29, 1.82) is 0 Å². The highest BCUT2D eigenvalue weighted by Gasteiger charge is 1.57. The molecule has 0 nitrogen and oxygen atoms in total. The molecule has 1 rings (SSSR count). The van der Waals surface area contributed by atoms with Crippen molar-refractivity contribution in [3.63, 3.8) is 0 Å². The number of benzene rings is 1. The van der Waals surface area contributed by atoms with Gasteiger partial charge in [-0.3, -0.25) is 0 Å². The molecule has 0 spiro atoms. The van der Waals surface area contributed by atoms with Crippen molar-refractivity contribution in [3.8, 4) is 0 Å². The van der Waals surface area contributed by atoms with Crippen LogP contribution in [0, 0.1) is 0 Å². The molecule has 0 unspecified atom stereocenters. The minimum absolute atomic E-state index is 1.69. The zero-order chi connectivity index (χ0) is 8.24. The number of rotatable bonds is 0. The van der Waals surface area contributed by atoms with E-state index in [1.165, 1.54) is 0 Å². The van der Waals surface area contributed by atoms with Crippen LogP contribution in [0.15, 0.2) is 36.4 Å². The van der Waals surface area contributed by atoms with Gasteiger partial charge in [-0.05, 0) is 12.5 Å². The van der Waals surface area contributed by atoms with E-state index in [2.05, 4.69) is 25.3 Å². The molecule has 0 fully saturated rings. The highest BCUT2D eigenvalue weighted by molar-refractivity contribution is 7.79. The summed E-state index contributed by atoms with van der Waals surface area (Å²) in [7, 11) is 0. The van der Waals surface area contributed by atoms with Gasteiger partial charge in [0.2, 0.25) is 0 Å². The molecule has 0 radical (unpaired) electrons. The van der Waals surface area contributed by atoms with Crippen molar-refractivity contribution in [2.24, 2.45) is 0 Å². The maximum Gasteiger partial charge on any atom is -0.0215 e. The van der Waals surface area contributed by atoms with Gasteiger partial charge in [0, 0.05) is 0 Å². The first kappa shape index (κ1) is 12.6. The zero-order valence-electron chi connectivity index (χ0n) is 6.36. The number of hydrogen-bond acceptors (Lipinski definition) is 2. The second kappa shape index (κ2) is 16.0. The number of thiol groups is 2. The Hall–Kier alpha value is -0.0800. The molecular weight excluding hydrogens is 160 g/mol. The Balaban J connectivity index is 0. The van der Waals surface area contributed by atoms with E-state index in [4.69, 9.17) is 0 Å². The van der Waals surface area contributed by atoms with Crippen molar-refractivity contribution in [3.05, 3.63) is 36.4 Å². The minimum Gasteiger partial charge on any atom is -0.183 e. The molecule has 10 heavy (non-hydrogen) atoms. The van der Waals surface area contributed by atoms with Gasteiger partial charge in [0.05, 0.1) is 0 Å². The summed E-state index contributed by atoms with van der Waals surface area (Å²) in [4.78, 5) is 0. The van der Waals surface area contributed by atoms with Gasteiger partial charge < -0.3 is 0 Å². The van der Waals surface area contributed by atoms with Crippen LogP contribution in [0.3, 0.4) is 0 Å². The van der Waals surface area contributed by atoms with Crippen molar-refractivity contribution in [2.45, 2.75) is 0 Å². The third-order valence-electron chi connectivity index (χ3n) is 0.667. The molecule has 0 aliphatic heterocycles. The van der Waals surface area contributed by atoms with Gasteiger partial charge in [0.25, 0.3) is 0 Å². The topological polar surface area (TPSA) is 0 Å². The fraction of sp³-hybridized carbons (Fsp3) is 0.250. The summed E-state index contributed by atoms with van der Waals surface area (Å²) in [5.74, 6) is 0. The molecule has 58 valence electrons. The molecule has 0 saturated heterocycles. The fourth-order valence-electron chi connectivity index (χ4n) is 0.385. The minimum atomic E-state index is 1.69.